The molecule has 0 aromatic heterocycles. The maximum absolute atomic E-state index is 12.0. The Morgan fingerprint density at radius 1 is 1.29 bits per heavy atom. The minimum Gasteiger partial charge on any atom is -0.376 e. The topological polar surface area (TPSA) is 21.3 Å². The first kappa shape index (κ1) is 14.8. The Morgan fingerprint density at radius 3 is 2.59 bits per heavy atom. The third-order valence-corrected chi connectivity index (χ3v) is 3.24. The number of rotatable bonds is 5. The maximum atomic E-state index is 12.0. The van der Waals surface area contributed by atoms with Crippen LogP contribution in [0.15, 0.2) is 0 Å². The lowest BCUT2D eigenvalue weighted by atomic mass is 9.85. The molecule has 0 aromatic carbocycles. The average Bonchev–Trinajstić information content (AvgIpc) is 2.20. The molecule has 3 unspecified atom stereocenters. The van der Waals surface area contributed by atoms with E-state index in [1.807, 2.05) is 6.92 Å². The van der Waals surface area contributed by atoms with Crippen LogP contribution in [0.3, 0.4) is 0 Å². The van der Waals surface area contributed by atoms with Crippen LogP contribution in [-0.4, -0.2) is 31.5 Å². The highest BCUT2D eigenvalue weighted by Crippen LogP contribution is 2.27. The van der Waals surface area contributed by atoms with Crippen molar-refractivity contribution in [1.82, 2.24) is 5.32 Å². The van der Waals surface area contributed by atoms with Crippen molar-refractivity contribution in [2.24, 2.45) is 5.92 Å². The van der Waals surface area contributed by atoms with Gasteiger partial charge in [-0.3, -0.25) is 0 Å². The molecule has 102 valence electrons. The van der Waals surface area contributed by atoms with Crippen LogP contribution in [0.5, 0.6) is 0 Å². The normalized spacial score (nSPS) is 30.5. The Labute approximate surface area is 101 Å². The first-order chi connectivity index (χ1) is 7.92. The minimum atomic E-state index is -4.12. The quantitative estimate of drug-likeness (QED) is 0.812. The molecule has 1 N–H and O–H groups in total. The van der Waals surface area contributed by atoms with Gasteiger partial charge < -0.3 is 10.1 Å². The molecule has 1 rings (SSSR count). The second kappa shape index (κ2) is 6.59. The molecular weight excluding hydrogens is 231 g/mol. The molecule has 1 aliphatic carbocycles. The van der Waals surface area contributed by atoms with Gasteiger partial charge in [0.05, 0.1) is 19.1 Å². The van der Waals surface area contributed by atoms with Crippen molar-refractivity contribution in [2.75, 3.05) is 13.2 Å². The number of hydrogen-bond donors (Lipinski definition) is 1. The number of halogens is 3. The van der Waals surface area contributed by atoms with Gasteiger partial charge in [0, 0.05) is 6.04 Å². The van der Waals surface area contributed by atoms with Gasteiger partial charge in [0.25, 0.3) is 0 Å². The summed E-state index contributed by atoms with van der Waals surface area (Å²) in [7, 11) is 0. The second-order valence-electron chi connectivity index (χ2n) is 4.86. The van der Waals surface area contributed by atoms with Crippen LogP contribution >= 0.6 is 0 Å². The molecule has 0 aliphatic heterocycles. The highest BCUT2D eigenvalue weighted by atomic mass is 19.4. The van der Waals surface area contributed by atoms with E-state index in [1.165, 1.54) is 0 Å². The third-order valence-electron chi connectivity index (χ3n) is 3.24. The van der Waals surface area contributed by atoms with E-state index in [0.29, 0.717) is 5.92 Å². The molecule has 17 heavy (non-hydrogen) atoms. The van der Waals surface area contributed by atoms with Crippen LogP contribution in [0, 0.1) is 5.92 Å². The highest BCUT2D eigenvalue weighted by Gasteiger charge is 2.31. The molecular formula is C12H22F3NO. The molecule has 3 atom stereocenters. The smallest absolute Gasteiger partial charge is 0.376 e. The number of alkyl halides is 3. The van der Waals surface area contributed by atoms with E-state index in [9.17, 15) is 13.2 Å². The Hall–Kier alpha value is -0.290. The molecule has 0 amide bonds. The summed E-state index contributed by atoms with van der Waals surface area (Å²) in [5.74, 6) is 0.542. The summed E-state index contributed by atoms with van der Waals surface area (Å²) in [6, 6.07) is 0.212. The van der Waals surface area contributed by atoms with E-state index in [2.05, 4.69) is 12.2 Å². The summed E-state index contributed by atoms with van der Waals surface area (Å²) in [5, 5.41) is 3.30. The van der Waals surface area contributed by atoms with Crippen LogP contribution < -0.4 is 5.32 Å². The number of hydrogen-bond acceptors (Lipinski definition) is 2. The van der Waals surface area contributed by atoms with Crippen molar-refractivity contribution >= 4 is 0 Å². The van der Waals surface area contributed by atoms with Crippen LogP contribution in [0.2, 0.25) is 0 Å². The molecule has 1 aliphatic rings. The van der Waals surface area contributed by atoms with Crippen molar-refractivity contribution < 1.29 is 17.9 Å². The summed E-state index contributed by atoms with van der Waals surface area (Å²) < 4.78 is 41.5. The summed E-state index contributed by atoms with van der Waals surface area (Å²) in [6.07, 6.45) is -2.07. The number of ether oxygens (including phenoxy) is 1. The van der Waals surface area contributed by atoms with Crippen molar-refractivity contribution in [3.63, 3.8) is 0 Å². The Balaban J connectivity index is 2.35. The van der Waals surface area contributed by atoms with Gasteiger partial charge in [0.15, 0.2) is 0 Å². The standard InChI is InChI=1S/C12H22F3NO/c1-3-16-10-5-4-9(2)8-11(10)17-7-6-12(13,14)15/h9-11,16H,3-8H2,1-2H3. The summed E-state index contributed by atoms with van der Waals surface area (Å²) in [6.45, 7) is 4.74. The van der Waals surface area contributed by atoms with Gasteiger partial charge in [0.2, 0.25) is 0 Å². The zero-order valence-electron chi connectivity index (χ0n) is 10.5. The lowest BCUT2D eigenvalue weighted by Gasteiger charge is -2.35. The third kappa shape index (κ3) is 5.73. The Bertz CT molecular complexity index is 220. The fraction of sp³-hybridized carbons (Fsp3) is 1.00. The number of likely N-dealkylation sites (N-methyl/N-ethyl adjacent to an activating group) is 1. The van der Waals surface area contributed by atoms with Crippen LogP contribution in [0.25, 0.3) is 0 Å². The van der Waals surface area contributed by atoms with E-state index >= 15 is 0 Å². The first-order valence-corrected chi connectivity index (χ1v) is 6.34. The van der Waals surface area contributed by atoms with E-state index in [-0.39, 0.29) is 18.8 Å². The van der Waals surface area contributed by atoms with Crippen molar-refractivity contribution in [3.05, 3.63) is 0 Å². The zero-order chi connectivity index (χ0) is 12.9. The summed E-state index contributed by atoms with van der Waals surface area (Å²) in [5.41, 5.74) is 0. The van der Waals surface area contributed by atoms with Gasteiger partial charge in [-0.2, -0.15) is 13.2 Å². The Kier molecular flexibility index (Phi) is 5.73. The lowest BCUT2D eigenvalue weighted by molar-refractivity contribution is -0.152. The zero-order valence-corrected chi connectivity index (χ0v) is 10.5. The monoisotopic (exact) mass is 253 g/mol. The molecule has 0 saturated heterocycles. The highest BCUT2D eigenvalue weighted by molar-refractivity contribution is 4.84. The molecule has 0 spiro atoms. The Morgan fingerprint density at radius 2 is 2.00 bits per heavy atom. The molecule has 1 saturated carbocycles. The van der Waals surface area contributed by atoms with Gasteiger partial charge in [-0.25, -0.2) is 0 Å². The van der Waals surface area contributed by atoms with E-state index in [1.54, 1.807) is 0 Å². The van der Waals surface area contributed by atoms with E-state index < -0.39 is 12.6 Å². The molecule has 1 fully saturated rings. The molecule has 0 heterocycles. The van der Waals surface area contributed by atoms with Gasteiger partial charge in [-0.05, 0) is 31.7 Å². The first-order valence-electron chi connectivity index (χ1n) is 6.34. The van der Waals surface area contributed by atoms with Gasteiger partial charge in [0.1, 0.15) is 0 Å². The number of nitrogens with one attached hydrogen (secondary N) is 1. The maximum Gasteiger partial charge on any atom is 0.391 e. The molecule has 0 aromatic rings. The lowest BCUT2D eigenvalue weighted by Crippen LogP contribution is -2.45. The fourth-order valence-corrected chi connectivity index (χ4v) is 2.33. The van der Waals surface area contributed by atoms with E-state index in [4.69, 9.17) is 4.74 Å². The van der Waals surface area contributed by atoms with E-state index in [0.717, 1.165) is 25.8 Å². The van der Waals surface area contributed by atoms with Gasteiger partial charge in [-0.15, -0.1) is 0 Å². The average molecular weight is 253 g/mol. The van der Waals surface area contributed by atoms with Crippen molar-refractivity contribution in [2.45, 2.75) is 57.9 Å². The molecule has 5 heteroatoms. The van der Waals surface area contributed by atoms with Gasteiger partial charge in [-0.1, -0.05) is 13.8 Å². The molecule has 2 nitrogen and oxygen atoms in total. The van der Waals surface area contributed by atoms with Crippen LogP contribution in [-0.2, 0) is 4.74 Å². The molecule has 0 bridgehead atoms. The van der Waals surface area contributed by atoms with Gasteiger partial charge >= 0.3 is 6.18 Å². The predicted molar refractivity (Wildman–Crippen MR) is 60.9 cm³/mol. The largest absolute Gasteiger partial charge is 0.391 e. The fourth-order valence-electron chi connectivity index (χ4n) is 2.33. The van der Waals surface area contributed by atoms with Crippen molar-refractivity contribution in [1.29, 1.82) is 0 Å². The summed E-state index contributed by atoms with van der Waals surface area (Å²) >= 11 is 0. The van der Waals surface area contributed by atoms with Crippen LogP contribution in [0.4, 0.5) is 13.2 Å². The predicted octanol–water partition coefficient (Wildman–Crippen LogP) is 3.12. The summed E-state index contributed by atoms with van der Waals surface area (Å²) in [4.78, 5) is 0. The molecule has 0 radical (unpaired) electrons. The van der Waals surface area contributed by atoms with Crippen LogP contribution in [0.1, 0.15) is 39.5 Å². The second-order valence-corrected chi connectivity index (χ2v) is 4.86. The minimum absolute atomic E-state index is 0.0685. The SMILES string of the molecule is CCNC1CCC(C)CC1OCCC(F)(F)F. The van der Waals surface area contributed by atoms with Crippen molar-refractivity contribution in [3.8, 4) is 0 Å².